The monoisotopic (exact) mass is 732 g/mol. The van der Waals surface area contributed by atoms with Crippen LogP contribution in [0, 0.1) is 0 Å². The Kier molecular flexibility index (Phi) is 11.8. The maximum atomic E-state index is 13.6. The van der Waals surface area contributed by atoms with Crippen LogP contribution in [0.15, 0.2) is 88.1 Å². The van der Waals surface area contributed by atoms with Crippen molar-refractivity contribution in [2.75, 3.05) is 6.61 Å². The fraction of sp³-hybridized carbons (Fsp3) is 0.270. The minimum atomic E-state index is -1.83. The fourth-order valence-electron chi connectivity index (χ4n) is 5.27. The second-order valence-corrected chi connectivity index (χ2v) is 11.4. The third kappa shape index (κ3) is 9.42. The van der Waals surface area contributed by atoms with E-state index in [-0.39, 0.29) is 27.8 Å². The molecule has 2 heterocycles. The number of carbonyl (C=O) groups excluding carboxylic acids is 6. The zero-order valence-corrected chi connectivity index (χ0v) is 28.6. The first-order valence-electron chi connectivity index (χ1n) is 15.9. The lowest BCUT2D eigenvalue weighted by atomic mass is 9.98. The molecule has 3 aromatic carbocycles. The fourth-order valence-corrected chi connectivity index (χ4v) is 5.27. The summed E-state index contributed by atoms with van der Waals surface area (Å²) in [6, 6.07) is 19.6. The molecule has 0 amide bonds. The molecule has 5 rings (SSSR count). The average Bonchev–Trinajstić information content (AvgIpc) is 3.11. The van der Waals surface area contributed by atoms with Gasteiger partial charge in [-0.1, -0.05) is 36.4 Å². The van der Waals surface area contributed by atoms with Crippen molar-refractivity contribution in [1.29, 1.82) is 0 Å². The molecule has 276 valence electrons. The van der Waals surface area contributed by atoms with Crippen molar-refractivity contribution in [3.05, 3.63) is 100 Å². The van der Waals surface area contributed by atoms with Gasteiger partial charge in [0.2, 0.25) is 12.4 Å². The van der Waals surface area contributed by atoms with Gasteiger partial charge in [-0.15, -0.1) is 0 Å². The summed E-state index contributed by atoms with van der Waals surface area (Å²) >= 11 is 0. The van der Waals surface area contributed by atoms with Gasteiger partial charge in [0, 0.05) is 33.8 Å². The molecule has 1 saturated heterocycles. The van der Waals surface area contributed by atoms with E-state index < -0.39 is 90.3 Å². The number of hydrogen-bond donors (Lipinski definition) is 0. The molecule has 0 bridgehead atoms. The summed E-state index contributed by atoms with van der Waals surface area (Å²) in [6.45, 7) is 3.68. The molecule has 4 aromatic rings. The molecule has 1 aliphatic heterocycles. The lowest BCUT2D eigenvalue weighted by Crippen LogP contribution is -2.63. The van der Waals surface area contributed by atoms with Crippen LogP contribution in [-0.4, -0.2) is 73.1 Å². The number of carbonyl (C=O) groups is 6. The van der Waals surface area contributed by atoms with Crippen molar-refractivity contribution in [2.24, 2.45) is 0 Å². The molecule has 16 nitrogen and oxygen atoms in total. The van der Waals surface area contributed by atoms with E-state index in [1.54, 1.807) is 36.4 Å². The van der Waals surface area contributed by atoms with Gasteiger partial charge in [0.15, 0.2) is 18.0 Å². The first-order valence-corrected chi connectivity index (χ1v) is 15.9. The summed E-state index contributed by atoms with van der Waals surface area (Å²) in [7, 11) is 0. The van der Waals surface area contributed by atoms with Crippen molar-refractivity contribution >= 4 is 46.8 Å². The van der Waals surface area contributed by atoms with E-state index in [9.17, 15) is 33.6 Å². The molecule has 0 aliphatic carbocycles. The van der Waals surface area contributed by atoms with Crippen molar-refractivity contribution < 1.29 is 71.1 Å². The number of rotatable bonds is 11. The van der Waals surface area contributed by atoms with Crippen LogP contribution in [-0.2, 0) is 42.9 Å². The van der Waals surface area contributed by atoms with Crippen LogP contribution in [0.2, 0.25) is 0 Å². The van der Waals surface area contributed by atoms with E-state index >= 15 is 0 Å². The maximum Gasteiger partial charge on any atom is 0.383 e. The topological polar surface area (TPSA) is 206 Å². The van der Waals surface area contributed by atoms with E-state index in [2.05, 4.69) is 0 Å². The molecule has 53 heavy (non-hydrogen) atoms. The normalized spacial score (nSPS) is 19.3. The van der Waals surface area contributed by atoms with E-state index in [4.69, 9.17) is 42.3 Å². The highest BCUT2D eigenvalue weighted by Gasteiger charge is 2.53. The van der Waals surface area contributed by atoms with Gasteiger partial charge in [0.05, 0.1) is 16.5 Å². The predicted molar refractivity (Wildman–Crippen MR) is 178 cm³/mol. The van der Waals surface area contributed by atoms with E-state index in [0.29, 0.717) is 0 Å². The third-order valence-electron chi connectivity index (χ3n) is 7.40. The Hall–Kier alpha value is -6.55. The molecule has 0 saturated carbocycles. The van der Waals surface area contributed by atoms with Gasteiger partial charge in [-0.25, -0.2) is 14.4 Å². The molecule has 0 N–H and O–H groups in total. The second-order valence-electron chi connectivity index (χ2n) is 11.4. The largest absolute Gasteiger partial charge is 0.463 e. The lowest BCUT2D eigenvalue weighted by Gasteiger charge is -2.44. The summed E-state index contributed by atoms with van der Waals surface area (Å²) in [5.41, 5.74) is -1.15. The van der Waals surface area contributed by atoms with Crippen LogP contribution < -0.4 is 19.8 Å². The zero-order valence-electron chi connectivity index (χ0n) is 28.6. The summed E-state index contributed by atoms with van der Waals surface area (Å²) in [4.78, 5) is 88.2. The Morgan fingerprint density at radius 3 is 1.74 bits per heavy atom. The SMILES string of the molecule is CC(=O)OC[C@H]1O[C@@H](Oc2c(OC(=O)c3ccccc3)c(=O)oc3cc(OC(=O)c4ccccc4)ccc23)[C@H](OC(C)=O)[C@@H](OC(C)=O)[C@@H]1OC(C)=O. The Morgan fingerprint density at radius 2 is 1.17 bits per heavy atom. The number of ether oxygens (including phenoxy) is 8. The van der Waals surface area contributed by atoms with Gasteiger partial charge in [-0.2, -0.15) is 0 Å². The van der Waals surface area contributed by atoms with Gasteiger partial charge in [-0.3, -0.25) is 19.2 Å². The lowest BCUT2D eigenvalue weighted by molar-refractivity contribution is -0.288. The molecule has 0 spiro atoms. The first kappa shape index (κ1) is 37.7. The highest BCUT2D eigenvalue weighted by atomic mass is 16.7. The zero-order chi connectivity index (χ0) is 38.2. The van der Waals surface area contributed by atoms with Crippen molar-refractivity contribution in [3.8, 4) is 17.2 Å². The van der Waals surface area contributed by atoms with Gasteiger partial charge in [0.1, 0.15) is 24.0 Å². The van der Waals surface area contributed by atoms with Crippen LogP contribution in [0.1, 0.15) is 48.4 Å². The molecule has 1 aromatic heterocycles. The van der Waals surface area contributed by atoms with Crippen LogP contribution in [0.4, 0.5) is 0 Å². The molecule has 16 heteroatoms. The molecular weight excluding hydrogens is 700 g/mol. The third-order valence-corrected chi connectivity index (χ3v) is 7.40. The Balaban J connectivity index is 1.63. The Labute approximate surface area is 300 Å². The van der Waals surface area contributed by atoms with Gasteiger partial charge < -0.3 is 42.3 Å². The Morgan fingerprint density at radius 1 is 0.623 bits per heavy atom. The van der Waals surface area contributed by atoms with Crippen molar-refractivity contribution in [2.45, 2.75) is 58.4 Å². The summed E-state index contributed by atoms with van der Waals surface area (Å²) in [5, 5.41) is -0.0344. The highest BCUT2D eigenvalue weighted by molar-refractivity contribution is 5.94. The predicted octanol–water partition coefficient (Wildman–Crippen LogP) is 3.69. The summed E-state index contributed by atoms with van der Waals surface area (Å²) < 4.78 is 50.2. The van der Waals surface area contributed by atoms with Gasteiger partial charge >= 0.3 is 41.4 Å². The number of hydrogen-bond acceptors (Lipinski definition) is 16. The number of fused-ring (bicyclic) bond motifs is 1. The maximum absolute atomic E-state index is 13.6. The average molecular weight is 733 g/mol. The summed E-state index contributed by atoms with van der Waals surface area (Å²) in [5.74, 6) is -6.40. The van der Waals surface area contributed by atoms with Crippen LogP contribution >= 0.6 is 0 Å². The molecule has 1 aliphatic rings. The molecule has 0 unspecified atom stereocenters. The van der Waals surface area contributed by atoms with E-state index in [1.165, 1.54) is 42.5 Å². The van der Waals surface area contributed by atoms with Gasteiger partial charge in [0.25, 0.3) is 5.75 Å². The number of benzene rings is 3. The highest BCUT2D eigenvalue weighted by Crippen LogP contribution is 2.39. The van der Waals surface area contributed by atoms with E-state index in [1.807, 2.05) is 0 Å². The molecule has 5 atom stereocenters. The van der Waals surface area contributed by atoms with Crippen molar-refractivity contribution in [3.63, 3.8) is 0 Å². The standard InChI is InChI=1S/C37H32O16/c1-19(38)45-18-28-30(46-20(2)39)31(47-21(3)40)33(48-22(4)41)37(51-28)53-29-26-16-15-25(49-34(42)23-11-7-5-8-12-23)17-27(26)50-36(44)32(29)52-35(43)24-13-9-6-10-14-24/h5-17,28,30-31,33,37H,18H2,1-4H3/t28-,30-,31+,33-,37+/m1/s1. The molecule has 1 fully saturated rings. The summed E-state index contributed by atoms with van der Waals surface area (Å²) in [6.07, 6.45) is -8.07. The quantitative estimate of drug-likeness (QED) is 0.0933. The van der Waals surface area contributed by atoms with Crippen LogP contribution in [0.25, 0.3) is 11.0 Å². The molecule has 0 radical (unpaired) electrons. The minimum Gasteiger partial charge on any atom is -0.463 e. The minimum absolute atomic E-state index is 0.0344. The smallest absolute Gasteiger partial charge is 0.383 e. The molecular formula is C37H32O16. The first-order chi connectivity index (χ1) is 25.3. The van der Waals surface area contributed by atoms with Crippen LogP contribution in [0.5, 0.6) is 17.2 Å². The van der Waals surface area contributed by atoms with E-state index in [0.717, 1.165) is 27.7 Å². The van der Waals surface area contributed by atoms with Crippen molar-refractivity contribution in [1.82, 2.24) is 0 Å². The Bertz CT molecular complexity index is 2070. The van der Waals surface area contributed by atoms with Gasteiger partial charge in [-0.05, 0) is 36.4 Å². The number of esters is 6. The van der Waals surface area contributed by atoms with Crippen LogP contribution in [0.3, 0.4) is 0 Å². The second kappa shape index (κ2) is 16.6.